The Kier molecular flexibility index (Phi) is 3.91. The van der Waals surface area contributed by atoms with Gasteiger partial charge in [-0.25, -0.2) is 9.59 Å². The van der Waals surface area contributed by atoms with E-state index >= 15 is 0 Å². The number of carbonyl (C=O) groups is 4. The Morgan fingerprint density at radius 2 is 1.90 bits per heavy atom. The molecule has 1 saturated heterocycles. The highest BCUT2D eigenvalue weighted by Gasteiger charge is 2.41. The van der Waals surface area contributed by atoms with Crippen molar-refractivity contribution >= 4 is 23.8 Å². The van der Waals surface area contributed by atoms with Crippen LogP contribution in [0.5, 0.6) is 0 Å². The zero-order valence-electron chi connectivity index (χ0n) is 11.0. The summed E-state index contributed by atoms with van der Waals surface area (Å²) in [6.45, 7) is -0.574. The number of amides is 4. The van der Waals surface area contributed by atoms with Crippen molar-refractivity contribution in [3.05, 3.63) is 0 Å². The van der Waals surface area contributed by atoms with Gasteiger partial charge >= 0.3 is 12.0 Å². The highest BCUT2D eigenvalue weighted by molar-refractivity contribution is 6.04. The van der Waals surface area contributed by atoms with Crippen LogP contribution < -0.4 is 10.6 Å². The molecule has 0 radical (unpaired) electrons. The summed E-state index contributed by atoms with van der Waals surface area (Å²) in [4.78, 5) is 46.8. The fourth-order valence-corrected chi connectivity index (χ4v) is 2.61. The molecule has 0 spiro atoms. The molecule has 8 heteroatoms. The zero-order valence-corrected chi connectivity index (χ0v) is 11.0. The number of urea groups is 1. The summed E-state index contributed by atoms with van der Waals surface area (Å²) in [5, 5.41) is 14.1. The fourth-order valence-electron chi connectivity index (χ4n) is 2.61. The minimum Gasteiger partial charge on any atom is -0.480 e. The van der Waals surface area contributed by atoms with Crippen molar-refractivity contribution < 1.29 is 24.3 Å². The monoisotopic (exact) mass is 283 g/mol. The van der Waals surface area contributed by atoms with Crippen molar-refractivity contribution in [3.63, 3.8) is 0 Å². The molecule has 2 rings (SSSR count). The van der Waals surface area contributed by atoms with Crippen LogP contribution >= 0.6 is 0 Å². The maximum atomic E-state index is 11.9. The molecule has 0 aromatic carbocycles. The first-order valence-corrected chi connectivity index (χ1v) is 6.57. The van der Waals surface area contributed by atoms with Gasteiger partial charge in [-0.2, -0.15) is 0 Å². The molecule has 20 heavy (non-hydrogen) atoms. The van der Waals surface area contributed by atoms with E-state index in [0.29, 0.717) is 12.8 Å². The van der Waals surface area contributed by atoms with Crippen molar-refractivity contribution in [1.29, 1.82) is 0 Å². The molecule has 1 aliphatic carbocycles. The van der Waals surface area contributed by atoms with E-state index in [0.717, 1.165) is 24.2 Å². The summed E-state index contributed by atoms with van der Waals surface area (Å²) in [5.74, 6) is -2.18. The molecule has 1 saturated carbocycles. The Bertz CT molecular complexity index is 440. The normalized spacial score (nSPS) is 21.5. The maximum Gasteiger partial charge on any atom is 0.329 e. The minimum absolute atomic E-state index is 0.129. The predicted molar refractivity (Wildman–Crippen MR) is 66.7 cm³/mol. The topological polar surface area (TPSA) is 116 Å². The second-order valence-corrected chi connectivity index (χ2v) is 5.13. The van der Waals surface area contributed by atoms with Gasteiger partial charge in [0.15, 0.2) is 0 Å². The van der Waals surface area contributed by atoms with Gasteiger partial charge in [0.1, 0.15) is 12.1 Å². The first-order chi connectivity index (χ1) is 9.44. The quantitative estimate of drug-likeness (QED) is 0.598. The second kappa shape index (κ2) is 5.48. The maximum absolute atomic E-state index is 11.9. The molecule has 110 valence electrons. The Hall–Kier alpha value is -2.12. The van der Waals surface area contributed by atoms with Crippen molar-refractivity contribution in [2.24, 2.45) is 0 Å². The Balaban J connectivity index is 2.00. The summed E-state index contributed by atoms with van der Waals surface area (Å²) < 4.78 is 0. The second-order valence-electron chi connectivity index (χ2n) is 5.13. The number of hydrogen-bond donors (Lipinski definition) is 3. The molecule has 2 fully saturated rings. The van der Waals surface area contributed by atoms with Gasteiger partial charge in [0.25, 0.3) is 5.91 Å². The number of imide groups is 1. The van der Waals surface area contributed by atoms with Gasteiger partial charge < -0.3 is 15.7 Å². The molecule has 0 bridgehead atoms. The van der Waals surface area contributed by atoms with Crippen LogP contribution in [0.4, 0.5) is 4.79 Å². The molecule has 4 amide bonds. The van der Waals surface area contributed by atoms with E-state index in [1.165, 1.54) is 0 Å². The summed E-state index contributed by atoms with van der Waals surface area (Å²) in [7, 11) is 0. The van der Waals surface area contributed by atoms with Crippen molar-refractivity contribution in [1.82, 2.24) is 15.5 Å². The van der Waals surface area contributed by atoms with Gasteiger partial charge in [0.2, 0.25) is 5.91 Å². The van der Waals surface area contributed by atoms with Gasteiger partial charge in [-0.15, -0.1) is 0 Å². The molecule has 0 atom stereocenters. The smallest absolute Gasteiger partial charge is 0.329 e. The molecule has 1 aliphatic heterocycles. The first-order valence-electron chi connectivity index (χ1n) is 6.57. The average molecular weight is 283 g/mol. The first kappa shape index (κ1) is 14.3. The van der Waals surface area contributed by atoms with E-state index in [-0.39, 0.29) is 6.54 Å². The summed E-state index contributed by atoms with van der Waals surface area (Å²) >= 11 is 0. The molecule has 0 aromatic rings. The van der Waals surface area contributed by atoms with Gasteiger partial charge in [-0.1, -0.05) is 19.3 Å². The molecular formula is C12H17N3O5. The summed E-state index contributed by atoms with van der Waals surface area (Å²) in [6.07, 6.45) is 3.14. The third-order valence-electron chi connectivity index (χ3n) is 3.73. The number of aliphatic carboxylic acids is 1. The number of nitrogens with zero attached hydrogens (tertiary/aromatic N) is 1. The predicted octanol–water partition coefficient (Wildman–Crippen LogP) is -0.558. The fraction of sp³-hybridized carbons (Fsp3) is 0.667. The number of hydrogen-bond acceptors (Lipinski definition) is 4. The lowest BCUT2D eigenvalue weighted by Crippen LogP contribution is -2.57. The lowest BCUT2D eigenvalue weighted by molar-refractivity contribution is -0.149. The van der Waals surface area contributed by atoms with Crippen molar-refractivity contribution in [3.8, 4) is 0 Å². The average Bonchev–Trinajstić information content (AvgIpc) is 2.71. The molecule has 3 N–H and O–H groups in total. The van der Waals surface area contributed by atoms with E-state index in [1.54, 1.807) is 0 Å². The third-order valence-corrected chi connectivity index (χ3v) is 3.73. The van der Waals surface area contributed by atoms with Crippen LogP contribution in [0.1, 0.15) is 32.1 Å². The number of carboxylic acid groups (broad SMARTS) is 1. The Morgan fingerprint density at radius 1 is 1.25 bits per heavy atom. The van der Waals surface area contributed by atoms with Gasteiger partial charge in [0, 0.05) is 0 Å². The van der Waals surface area contributed by atoms with E-state index in [2.05, 4.69) is 10.6 Å². The van der Waals surface area contributed by atoms with Gasteiger partial charge in [-0.3, -0.25) is 14.5 Å². The van der Waals surface area contributed by atoms with Crippen LogP contribution in [0.15, 0.2) is 0 Å². The van der Waals surface area contributed by atoms with Crippen LogP contribution in [0.25, 0.3) is 0 Å². The Labute approximate surface area is 115 Å². The number of carboxylic acids is 1. The van der Waals surface area contributed by atoms with Crippen LogP contribution in [0, 0.1) is 0 Å². The van der Waals surface area contributed by atoms with Gasteiger partial charge in [0.05, 0.1) is 6.54 Å². The highest BCUT2D eigenvalue weighted by atomic mass is 16.4. The number of carbonyl (C=O) groups excluding carboxylic acids is 3. The summed E-state index contributed by atoms with van der Waals surface area (Å²) in [5.41, 5.74) is -1.27. The molecule has 0 aromatic heterocycles. The third kappa shape index (κ3) is 2.73. The molecule has 2 aliphatic rings. The van der Waals surface area contributed by atoms with E-state index in [9.17, 15) is 24.3 Å². The molecule has 8 nitrogen and oxygen atoms in total. The highest BCUT2D eigenvalue weighted by Crippen LogP contribution is 2.28. The van der Waals surface area contributed by atoms with Gasteiger partial charge in [-0.05, 0) is 12.8 Å². The SMILES string of the molecule is O=C(CN1C(=O)CNC1=O)NC1(C(=O)O)CCCCC1. The molecule has 1 heterocycles. The number of nitrogens with one attached hydrogen (secondary N) is 2. The van der Waals surface area contributed by atoms with E-state index < -0.39 is 35.9 Å². The van der Waals surface area contributed by atoms with Crippen LogP contribution in [0.3, 0.4) is 0 Å². The lowest BCUT2D eigenvalue weighted by atomic mass is 9.81. The standard InChI is InChI=1S/C12H17N3O5/c16-8(7-15-9(17)6-13-11(15)20)14-12(10(18)19)4-2-1-3-5-12/h1-7H2,(H,13,20)(H,14,16)(H,18,19). The van der Waals surface area contributed by atoms with E-state index in [4.69, 9.17) is 0 Å². The zero-order chi connectivity index (χ0) is 14.8. The number of rotatable bonds is 4. The van der Waals surface area contributed by atoms with Crippen LogP contribution in [0.2, 0.25) is 0 Å². The van der Waals surface area contributed by atoms with E-state index in [1.807, 2.05) is 0 Å². The van der Waals surface area contributed by atoms with Crippen molar-refractivity contribution in [2.45, 2.75) is 37.6 Å². The molecule has 0 unspecified atom stereocenters. The summed E-state index contributed by atoms with van der Waals surface area (Å²) in [6, 6.07) is -0.627. The minimum atomic E-state index is -1.27. The van der Waals surface area contributed by atoms with Crippen LogP contribution in [-0.2, 0) is 14.4 Å². The van der Waals surface area contributed by atoms with Crippen LogP contribution in [-0.4, -0.2) is 52.4 Å². The largest absolute Gasteiger partial charge is 0.480 e. The van der Waals surface area contributed by atoms with Crippen molar-refractivity contribution in [2.75, 3.05) is 13.1 Å². The molecular weight excluding hydrogens is 266 g/mol. The lowest BCUT2D eigenvalue weighted by Gasteiger charge is -2.34. The Morgan fingerprint density at radius 3 is 2.40 bits per heavy atom.